The molecule has 1 aromatic rings. The smallest absolute Gasteiger partial charge is 0.376 e. The summed E-state index contributed by atoms with van der Waals surface area (Å²) in [6.45, 7) is 0.0418. The van der Waals surface area contributed by atoms with Gasteiger partial charge in [-0.15, -0.1) is 12.4 Å². The van der Waals surface area contributed by atoms with Gasteiger partial charge in [0.2, 0.25) is 5.91 Å². The number of amides is 1. The number of hydrogen-bond donors (Lipinski definition) is 2. The van der Waals surface area contributed by atoms with Gasteiger partial charge in [-0.25, -0.2) is 0 Å². The number of para-hydroxylation sites is 1. The van der Waals surface area contributed by atoms with Crippen LogP contribution < -0.4 is 10.6 Å². The van der Waals surface area contributed by atoms with E-state index < -0.39 is 5.51 Å². The van der Waals surface area contributed by atoms with Crippen molar-refractivity contribution in [3.05, 3.63) is 30.3 Å². The van der Waals surface area contributed by atoms with Crippen molar-refractivity contribution in [2.75, 3.05) is 24.2 Å². The molecule has 1 rings (SSSR count). The summed E-state index contributed by atoms with van der Waals surface area (Å²) in [6, 6.07) is 9.08. The van der Waals surface area contributed by atoms with Crippen molar-refractivity contribution >= 4 is 35.8 Å². The number of rotatable bonds is 6. The summed E-state index contributed by atoms with van der Waals surface area (Å²) in [7, 11) is 0. The predicted octanol–water partition coefficient (Wildman–Crippen LogP) is 2.89. The minimum Gasteiger partial charge on any atom is -0.376 e. The fraction of sp³-hybridized carbons (Fsp3) is 0.364. The molecule has 2 N–H and O–H groups in total. The van der Waals surface area contributed by atoms with Crippen LogP contribution in [-0.4, -0.2) is 30.3 Å². The molecule has 1 amide bonds. The Morgan fingerprint density at radius 1 is 1.21 bits per heavy atom. The maximum absolute atomic E-state index is 11.8. The molecule has 0 spiro atoms. The highest BCUT2D eigenvalue weighted by Crippen LogP contribution is 2.29. The Bertz CT molecular complexity index is 376. The van der Waals surface area contributed by atoms with Crippen LogP contribution in [0.15, 0.2) is 30.3 Å². The molecule has 0 aromatic heterocycles. The van der Waals surface area contributed by atoms with Crippen molar-refractivity contribution in [3.63, 3.8) is 0 Å². The minimum absolute atomic E-state index is 0. The Morgan fingerprint density at radius 3 is 2.42 bits per heavy atom. The van der Waals surface area contributed by atoms with E-state index in [-0.39, 0.29) is 48.9 Å². The Labute approximate surface area is 119 Å². The molecule has 108 valence electrons. The molecule has 0 heterocycles. The molecular formula is C11H14ClF3N2OS. The highest BCUT2D eigenvalue weighted by atomic mass is 35.5. The van der Waals surface area contributed by atoms with Gasteiger partial charge in [-0.05, 0) is 23.9 Å². The van der Waals surface area contributed by atoms with Gasteiger partial charge in [0.05, 0.1) is 6.54 Å². The van der Waals surface area contributed by atoms with Crippen LogP contribution >= 0.6 is 24.2 Å². The van der Waals surface area contributed by atoms with E-state index in [1.807, 2.05) is 18.2 Å². The fourth-order valence-electron chi connectivity index (χ4n) is 1.16. The maximum atomic E-state index is 11.8. The van der Waals surface area contributed by atoms with Gasteiger partial charge < -0.3 is 10.6 Å². The lowest BCUT2D eigenvalue weighted by Gasteiger charge is -2.08. The summed E-state index contributed by atoms with van der Waals surface area (Å²) < 4.78 is 35.4. The second-order valence-corrected chi connectivity index (χ2v) is 4.52. The molecule has 0 atom stereocenters. The first-order valence-electron chi connectivity index (χ1n) is 5.24. The number of thioether (sulfide) groups is 1. The third-order valence-corrected chi connectivity index (χ3v) is 2.65. The molecule has 0 unspecified atom stereocenters. The molecular weight excluding hydrogens is 301 g/mol. The second kappa shape index (κ2) is 8.92. The second-order valence-electron chi connectivity index (χ2n) is 3.36. The predicted molar refractivity (Wildman–Crippen MR) is 73.7 cm³/mol. The molecule has 0 radical (unpaired) electrons. The van der Waals surface area contributed by atoms with Gasteiger partial charge in [-0.1, -0.05) is 18.2 Å². The topological polar surface area (TPSA) is 41.1 Å². The monoisotopic (exact) mass is 314 g/mol. The Morgan fingerprint density at radius 2 is 1.84 bits per heavy atom. The van der Waals surface area contributed by atoms with E-state index in [9.17, 15) is 18.0 Å². The van der Waals surface area contributed by atoms with E-state index in [4.69, 9.17) is 0 Å². The summed E-state index contributed by atoms with van der Waals surface area (Å²) in [6.07, 6.45) is 0. The normalized spacial score (nSPS) is 10.5. The fourth-order valence-corrected chi connectivity index (χ4v) is 1.59. The molecule has 1 aromatic carbocycles. The molecule has 0 aliphatic rings. The molecule has 0 fully saturated rings. The largest absolute Gasteiger partial charge is 0.441 e. The van der Waals surface area contributed by atoms with Crippen LogP contribution in [0.1, 0.15) is 0 Å². The van der Waals surface area contributed by atoms with E-state index in [2.05, 4.69) is 10.6 Å². The number of halogens is 4. The van der Waals surface area contributed by atoms with Crippen molar-refractivity contribution in [1.29, 1.82) is 0 Å². The van der Waals surface area contributed by atoms with Gasteiger partial charge in [0.15, 0.2) is 0 Å². The molecule has 0 bridgehead atoms. The number of carbonyl (C=O) groups is 1. The summed E-state index contributed by atoms with van der Waals surface area (Å²) in [5, 5.41) is 5.26. The third kappa shape index (κ3) is 9.49. The lowest BCUT2D eigenvalue weighted by molar-refractivity contribution is -0.119. The van der Waals surface area contributed by atoms with Crippen molar-refractivity contribution < 1.29 is 18.0 Å². The van der Waals surface area contributed by atoms with Gasteiger partial charge >= 0.3 is 5.51 Å². The third-order valence-electron chi connectivity index (χ3n) is 1.92. The first-order chi connectivity index (χ1) is 8.47. The molecule has 8 heteroatoms. The summed E-state index contributed by atoms with van der Waals surface area (Å²) >= 11 is -0.145. The zero-order valence-electron chi connectivity index (χ0n) is 9.87. The van der Waals surface area contributed by atoms with E-state index in [1.54, 1.807) is 12.1 Å². The van der Waals surface area contributed by atoms with Crippen molar-refractivity contribution in [1.82, 2.24) is 5.32 Å². The van der Waals surface area contributed by atoms with E-state index in [1.165, 1.54) is 0 Å². The van der Waals surface area contributed by atoms with Crippen LogP contribution in [0.5, 0.6) is 0 Å². The number of anilines is 1. The van der Waals surface area contributed by atoms with Gasteiger partial charge in [0.25, 0.3) is 0 Å². The highest BCUT2D eigenvalue weighted by molar-refractivity contribution is 8.00. The number of alkyl halides is 3. The minimum atomic E-state index is -4.24. The molecule has 0 saturated heterocycles. The van der Waals surface area contributed by atoms with Gasteiger partial charge in [0, 0.05) is 18.0 Å². The van der Waals surface area contributed by atoms with Crippen molar-refractivity contribution in [2.24, 2.45) is 0 Å². The maximum Gasteiger partial charge on any atom is 0.441 e. The average molecular weight is 315 g/mol. The lowest BCUT2D eigenvalue weighted by Crippen LogP contribution is -2.31. The van der Waals surface area contributed by atoms with Gasteiger partial charge in [0.1, 0.15) is 0 Å². The van der Waals surface area contributed by atoms with Crippen LogP contribution in [0.4, 0.5) is 18.9 Å². The Kier molecular flexibility index (Phi) is 8.42. The SMILES string of the molecule is Cl.O=C(CNc1ccccc1)NCCSC(F)(F)F. The molecule has 19 heavy (non-hydrogen) atoms. The Hall–Kier alpha value is -1.08. The molecule has 3 nitrogen and oxygen atoms in total. The summed E-state index contributed by atoms with van der Waals surface area (Å²) in [5.74, 6) is -0.512. The number of benzene rings is 1. The first kappa shape index (κ1) is 17.9. The van der Waals surface area contributed by atoms with Crippen molar-refractivity contribution in [3.8, 4) is 0 Å². The first-order valence-corrected chi connectivity index (χ1v) is 6.22. The number of nitrogens with one attached hydrogen (secondary N) is 2. The molecule has 0 aliphatic carbocycles. The standard InChI is InChI=1S/C11H13F3N2OS.ClH/c12-11(13,14)18-7-6-15-10(17)8-16-9-4-2-1-3-5-9;/h1-5,16H,6-8H2,(H,15,17);1H. The zero-order chi connectivity index (χ0) is 13.4. The zero-order valence-corrected chi connectivity index (χ0v) is 11.5. The lowest BCUT2D eigenvalue weighted by atomic mass is 10.3. The summed E-state index contributed by atoms with van der Waals surface area (Å²) in [5.41, 5.74) is -3.45. The average Bonchev–Trinajstić information content (AvgIpc) is 2.32. The number of hydrogen-bond acceptors (Lipinski definition) is 3. The van der Waals surface area contributed by atoms with Crippen molar-refractivity contribution in [2.45, 2.75) is 5.51 Å². The highest BCUT2D eigenvalue weighted by Gasteiger charge is 2.27. The van der Waals surface area contributed by atoms with Crippen LogP contribution in [0.2, 0.25) is 0 Å². The van der Waals surface area contributed by atoms with E-state index in [0.29, 0.717) is 0 Å². The van der Waals surface area contributed by atoms with Crippen LogP contribution in [0.25, 0.3) is 0 Å². The molecule has 0 aliphatic heterocycles. The molecule has 0 saturated carbocycles. The van der Waals surface area contributed by atoms with Crippen LogP contribution in [0.3, 0.4) is 0 Å². The summed E-state index contributed by atoms with van der Waals surface area (Å²) in [4.78, 5) is 11.3. The Balaban J connectivity index is 0.00000324. The van der Waals surface area contributed by atoms with Gasteiger partial charge in [-0.3, -0.25) is 4.79 Å². The van der Waals surface area contributed by atoms with E-state index >= 15 is 0 Å². The number of carbonyl (C=O) groups excluding carboxylic acids is 1. The van der Waals surface area contributed by atoms with Gasteiger partial charge in [-0.2, -0.15) is 13.2 Å². The quantitative estimate of drug-likeness (QED) is 0.793. The van der Waals surface area contributed by atoms with Crippen LogP contribution in [0, 0.1) is 0 Å². The van der Waals surface area contributed by atoms with E-state index in [0.717, 1.165) is 5.69 Å². The van der Waals surface area contributed by atoms with Crippen LogP contribution in [-0.2, 0) is 4.79 Å².